The summed E-state index contributed by atoms with van der Waals surface area (Å²) in [6.45, 7) is 6.59. The minimum atomic E-state index is -3.15. The first kappa shape index (κ1) is 11.3. The maximum atomic E-state index is 11.5. The van der Waals surface area contributed by atoms with Crippen molar-refractivity contribution < 1.29 is 8.42 Å². The average molecular weight is 238 g/mol. The van der Waals surface area contributed by atoms with Crippen molar-refractivity contribution in [2.24, 2.45) is 0 Å². The Morgan fingerprint density at radius 2 is 2.19 bits per heavy atom. The van der Waals surface area contributed by atoms with Crippen LogP contribution in [0.15, 0.2) is 18.8 Å². The Bertz CT molecular complexity index is 549. The normalized spacial score (nSPS) is 16.1. The van der Waals surface area contributed by atoms with Gasteiger partial charge in [0, 0.05) is 12.7 Å². The molecule has 0 bridgehead atoms. The van der Waals surface area contributed by atoms with Crippen LogP contribution in [0, 0.1) is 0 Å². The van der Waals surface area contributed by atoms with Crippen molar-refractivity contribution in [1.82, 2.24) is 9.29 Å². The monoisotopic (exact) mass is 238 g/mol. The van der Waals surface area contributed by atoms with E-state index in [0.717, 1.165) is 22.4 Å². The lowest BCUT2D eigenvalue weighted by Gasteiger charge is -2.11. The highest BCUT2D eigenvalue weighted by Gasteiger charge is 2.28. The molecule has 0 radical (unpaired) electrons. The van der Waals surface area contributed by atoms with Crippen molar-refractivity contribution in [3.8, 4) is 0 Å². The summed E-state index contributed by atoms with van der Waals surface area (Å²) in [5, 5.41) is 0. The topological polar surface area (TPSA) is 50.3 Å². The molecule has 0 atom stereocenters. The SMILES string of the molecule is C=C(C)c1ccnc2c1CN(S(C)(=O)=O)C2. The van der Waals surface area contributed by atoms with E-state index in [0.29, 0.717) is 13.1 Å². The fourth-order valence-corrected chi connectivity index (χ4v) is 2.60. The third-order valence-corrected chi connectivity index (χ3v) is 3.93. The molecule has 0 saturated heterocycles. The Morgan fingerprint density at radius 3 is 2.75 bits per heavy atom. The van der Waals surface area contributed by atoms with Crippen molar-refractivity contribution in [3.05, 3.63) is 35.7 Å². The summed E-state index contributed by atoms with van der Waals surface area (Å²) < 4.78 is 24.3. The highest BCUT2D eigenvalue weighted by Crippen LogP contribution is 2.28. The van der Waals surface area contributed by atoms with E-state index in [4.69, 9.17) is 0 Å². The number of hydrogen-bond acceptors (Lipinski definition) is 3. The molecule has 1 aliphatic heterocycles. The van der Waals surface area contributed by atoms with Crippen molar-refractivity contribution in [2.75, 3.05) is 6.26 Å². The summed E-state index contributed by atoms with van der Waals surface area (Å²) in [6.07, 6.45) is 2.92. The van der Waals surface area contributed by atoms with Gasteiger partial charge in [-0.05, 0) is 24.1 Å². The molecule has 0 aliphatic carbocycles. The third-order valence-electron chi connectivity index (χ3n) is 2.73. The molecule has 4 nitrogen and oxygen atoms in total. The predicted octanol–water partition coefficient (Wildman–Crippen LogP) is 1.39. The van der Waals surface area contributed by atoms with Crippen molar-refractivity contribution >= 4 is 15.6 Å². The van der Waals surface area contributed by atoms with Gasteiger partial charge in [0.05, 0.1) is 18.5 Å². The van der Waals surface area contributed by atoms with E-state index in [2.05, 4.69) is 11.6 Å². The van der Waals surface area contributed by atoms with Gasteiger partial charge in [0.1, 0.15) is 0 Å². The first-order chi connectivity index (χ1) is 7.39. The molecule has 1 aliphatic rings. The second-order valence-electron chi connectivity index (χ2n) is 4.10. The van der Waals surface area contributed by atoms with E-state index >= 15 is 0 Å². The molecule has 0 aromatic carbocycles. The van der Waals surface area contributed by atoms with Gasteiger partial charge in [0.25, 0.3) is 0 Å². The van der Waals surface area contributed by atoms with E-state index in [1.165, 1.54) is 10.6 Å². The Morgan fingerprint density at radius 1 is 1.50 bits per heavy atom. The van der Waals surface area contributed by atoms with Gasteiger partial charge in [-0.1, -0.05) is 12.2 Å². The number of allylic oxidation sites excluding steroid dienone is 1. The Balaban J connectivity index is 2.45. The molecule has 16 heavy (non-hydrogen) atoms. The van der Waals surface area contributed by atoms with Crippen molar-refractivity contribution in [2.45, 2.75) is 20.0 Å². The van der Waals surface area contributed by atoms with Crippen LogP contribution in [0.25, 0.3) is 5.57 Å². The minimum absolute atomic E-state index is 0.370. The number of nitrogens with zero attached hydrogens (tertiary/aromatic N) is 2. The molecule has 0 spiro atoms. The first-order valence-electron chi connectivity index (χ1n) is 4.97. The fraction of sp³-hybridized carbons (Fsp3) is 0.364. The molecular weight excluding hydrogens is 224 g/mol. The molecule has 0 unspecified atom stereocenters. The molecule has 1 aromatic rings. The van der Waals surface area contributed by atoms with Crippen LogP contribution < -0.4 is 0 Å². The van der Waals surface area contributed by atoms with Crippen molar-refractivity contribution in [1.29, 1.82) is 0 Å². The Labute approximate surface area is 95.7 Å². The zero-order chi connectivity index (χ0) is 11.9. The van der Waals surface area contributed by atoms with Gasteiger partial charge < -0.3 is 0 Å². The molecular formula is C11H14N2O2S. The molecule has 0 amide bonds. The minimum Gasteiger partial charge on any atom is -0.260 e. The summed E-state index contributed by atoms with van der Waals surface area (Å²) in [5.41, 5.74) is 3.77. The second kappa shape index (κ2) is 3.68. The van der Waals surface area contributed by atoms with Crippen LogP contribution >= 0.6 is 0 Å². The molecule has 2 heterocycles. The molecule has 1 aromatic heterocycles. The van der Waals surface area contributed by atoms with E-state index in [1.807, 2.05) is 13.0 Å². The third kappa shape index (κ3) is 1.88. The molecule has 0 saturated carbocycles. The molecule has 0 fully saturated rings. The van der Waals surface area contributed by atoms with Gasteiger partial charge in [0.15, 0.2) is 0 Å². The van der Waals surface area contributed by atoms with Gasteiger partial charge in [-0.3, -0.25) is 4.98 Å². The first-order valence-corrected chi connectivity index (χ1v) is 6.82. The van der Waals surface area contributed by atoms with Crippen molar-refractivity contribution in [3.63, 3.8) is 0 Å². The number of rotatable bonds is 2. The van der Waals surface area contributed by atoms with E-state index in [9.17, 15) is 8.42 Å². The molecule has 2 rings (SSSR count). The zero-order valence-corrected chi connectivity index (χ0v) is 10.2. The summed E-state index contributed by atoms with van der Waals surface area (Å²) >= 11 is 0. The zero-order valence-electron chi connectivity index (χ0n) is 9.40. The smallest absolute Gasteiger partial charge is 0.211 e. The number of fused-ring (bicyclic) bond motifs is 1. The Kier molecular flexibility index (Phi) is 2.59. The standard InChI is InChI=1S/C11H14N2O2S/c1-8(2)9-4-5-12-11-7-13(6-10(9)11)16(3,14)15/h4-5H,1,6-7H2,2-3H3. The number of sulfonamides is 1. The van der Waals surface area contributed by atoms with E-state index in [1.54, 1.807) is 6.20 Å². The summed E-state index contributed by atoms with van der Waals surface area (Å²) in [4.78, 5) is 4.22. The largest absolute Gasteiger partial charge is 0.260 e. The molecule has 5 heteroatoms. The number of aromatic nitrogens is 1. The van der Waals surface area contributed by atoms with Crippen LogP contribution in [-0.2, 0) is 23.1 Å². The molecule has 0 N–H and O–H groups in total. The number of pyridine rings is 1. The quantitative estimate of drug-likeness (QED) is 0.782. The van der Waals surface area contributed by atoms with Gasteiger partial charge >= 0.3 is 0 Å². The van der Waals surface area contributed by atoms with Crippen LogP contribution in [0.5, 0.6) is 0 Å². The summed E-state index contributed by atoms with van der Waals surface area (Å²) in [6, 6.07) is 1.88. The van der Waals surface area contributed by atoms with Crippen LogP contribution in [0.3, 0.4) is 0 Å². The van der Waals surface area contributed by atoms with Gasteiger partial charge in [0.2, 0.25) is 10.0 Å². The van der Waals surface area contributed by atoms with Crippen LogP contribution in [0.4, 0.5) is 0 Å². The fourth-order valence-electron chi connectivity index (χ4n) is 1.88. The maximum Gasteiger partial charge on any atom is 0.211 e. The lowest BCUT2D eigenvalue weighted by molar-refractivity contribution is 0.434. The van der Waals surface area contributed by atoms with Gasteiger partial charge in [-0.2, -0.15) is 4.31 Å². The lowest BCUT2D eigenvalue weighted by Crippen LogP contribution is -2.23. The number of hydrogen-bond donors (Lipinski definition) is 0. The highest BCUT2D eigenvalue weighted by atomic mass is 32.2. The lowest BCUT2D eigenvalue weighted by atomic mass is 10.0. The Hall–Kier alpha value is -1.20. The molecule has 86 valence electrons. The highest BCUT2D eigenvalue weighted by molar-refractivity contribution is 7.88. The maximum absolute atomic E-state index is 11.5. The van der Waals surface area contributed by atoms with E-state index in [-0.39, 0.29) is 0 Å². The van der Waals surface area contributed by atoms with Gasteiger partial charge in [-0.25, -0.2) is 8.42 Å². The summed E-state index contributed by atoms with van der Waals surface area (Å²) in [5.74, 6) is 0. The van der Waals surface area contributed by atoms with Crippen LogP contribution in [-0.4, -0.2) is 24.0 Å². The van der Waals surface area contributed by atoms with Gasteiger partial charge in [-0.15, -0.1) is 0 Å². The van der Waals surface area contributed by atoms with Crippen LogP contribution in [0.2, 0.25) is 0 Å². The average Bonchev–Trinajstić information content (AvgIpc) is 2.59. The van der Waals surface area contributed by atoms with E-state index < -0.39 is 10.0 Å². The van der Waals surface area contributed by atoms with Crippen LogP contribution in [0.1, 0.15) is 23.7 Å². The second-order valence-corrected chi connectivity index (χ2v) is 6.08. The summed E-state index contributed by atoms with van der Waals surface area (Å²) in [7, 11) is -3.15. The predicted molar refractivity (Wildman–Crippen MR) is 63.0 cm³/mol.